The van der Waals surface area contributed by atoms with Gasteiger partial charge in [0.05, 0.1) is 5.41 Å². The molecular formula is C26H42ClN3O2Si. The highest BCUT2D eigenvalue weighted by Crippen LogP contribution is 2.46. The van der Waals surface area contributed by atoms with Crippen LogP contribution in [-0.2, 0) is 15.1 Å². The van der Waals surface area contributed by atoms with Crippen LogP contribution >= 0.6 is 11.6 Å². The molecule has 33 heavy (non-hydrogen) atoms. The number of rotatable bonds is 6. The van der Waals surface area contributed by atoms with Crippen LogP contribution in [-0.4, -0.2) is 36.5 Å². The molecule has 0 atom stereocenters. The first kappa shape index (κ1) is 26.2. The summed E-state index contributed by atoms with van der Waals surface area (Å²) in [7, 11) is -2.02. The number of carbonyl (C=O) groups excluding carboxylic acids is 1. The van der Waals surface area contributed by atoms with E-state index >= 15 is 0 Å². The molecule has 0 amide bonds. The molecule has 3 heterocycles. The number of esters is 1. The molecule has 0 radical (unpaired) electrons. The number of halogens is 1. The highest BCUT2D eigenvalue weighted by atomic mass is 35.5. The average Bonchev–Trinajstić information content (AvgIpc) is 3.10. The summed E-state index contributed by atoms with van der Waals surface area (Å²) in [5.74, 6) is -0.180. The minimum atomic E-state index is -2.02. The Morgan fingerprint density at radius 2 is 1.67 bits per heavy atom. The van der Waals surface area contributed by atoms with Crippen molar-refractivity contribution in [1.82, 2.24) is 14.5 Å². The Morgan fingerprint density at radius 1 is 1.12 bits per heavy atom. The van der Waals surface area contributed by atoms with Crippen molar-refractivity contribution in [2.24, 2.45) is 5.41 Å². The van der Waals surface area contributed by atoms with Gasteiger partial charge in [0, 0.05) is 23.8 Å². The molecule has 0 spiro atoms. The summed E-state index contributed by atoms with van der Waals surface area (Å²) in [5, 5.41) is 4.94. The second-order valence-electron chi connectivity index (χ2n) is 11.7. The fourth-order valence-corrected chi connectivity index (χ4v) is 12.9. The van der Waals surface area contributed by atoms with Gasteiger partial charge < -0.3 is 14.3 Å². The average molecular weight is 492 g/mol. The summed E-state index contributed by atoms with van der Waals surface area (Å²) in [6.45, 7) is 21.4. The van der Waals surface area contributed by atoms with E-state index < -0.39 is 19.3 Å². The Kier molecular flexibility index (Phi) is 7.43. The fraction of sp³-hybridized carbons (Fsp3) is 0.692. The zero-order valence-electron chi connectivity index (χ0n) is 21.9. The molecule has 1 aliphatic rings. The summed E-state index contributed by atoms with van der Waals surface area (Å²) >= 11 is 6.68. The molecule has 1 aliphatic heterocycles. The number of nitrogens with one attached hydrogen (secondary N) is 1. The smallest absolute Gasteiger partial charge is 0.312 e. The molecule has 184 valence electrons. The first-order valence-corrected chi connectivity index (χ1v) is 15.0. The predicted octanol–water partition coefficient (Wildman–Crippen LogP) is 6.88. The van der Waals surface area contributed by atoms with E-state index in [0.29, 0.717) is 21.8 Å². The molecule has 0 aliphatic carbocycles. The van der Waals surface area contributed by atoms with E-state index in [2.05, 4.69) is 63.4 Å². The summed E-state index contributed by atoms with van der Waals surface area (Å²) in [6, 6.07) is 4.11. The van der Waals surface area contributed by atoms with Gasteiger partial charge in [-0.1, -0.05) is 53.1 Å². The molecule has 3 rings (SSSR count). The van der Waals surface area contributed by atoms with E-state index in [1.807, 2.05) is 26.8 Å². The maximum atomic E-state index is 13.1. The molecule has 7 heteroatoms. The van der Waals surface area contributed by atoms with Crippen molar-refractivity contribution in [2.75, 3.05) is 13.1 Å². The molecule has 1 fully saturated rings. The van der Waals surface area contributed by atoms with Gasteiger partial charge in [0.15, 0.2) is 8.24 Å². The number of piperidine rings is 1. The van der Waals surface area contributed by atoms with E-state index in [1.165, 1.54) is 0 Å². The first-order valence-electron chi connectivity index (χ1n) is 12.4. The Hall–Kier alpha value is -1.37. The van der Waals surface area contributed by atoms with E-state index in [4.69, 9.17) is 21.3 Å². The molecule has 2 aromatic rings. The molecule has 0 aromatic carbocycles. The summed E-state index contributed by atoms with van der Waals surface area (Å²) in [4.78, 5) is 17.9. The Bertz CT molecular complexity index is 979. The predicted molar refractivity (Wildman–Crippen MR) is 141 cm³/mol. The quantitative estimate of drug-likeness (QED) is 0.272. The third kappa shape index (κ3) is 4.51. The van der Waals surface area contributed by atoms with Crippen LogP contribution < -0.4 is 5.32 Å². The lowest BCUT2D eigenvalue weighted by atomic mass is 9.83. The van der Waals surface area contributed by atoms with Gasteiger partial charge in [-0.2, -0.15) is 0 Å². The fourth-order valence-electron chi connectivity index (χ4n) is 6.19. The van der Waals surface area contributed by atoms with Gasteiger partial charge in [-0.15, -0.1) is 0 Å². The summed E-state index contributed by atoms with van der Waals surface area (Å²) in [5.41, 5.74) is 2.25. The molecule has 0 unspecified atom stereocenters. The van der Waals surface area contributed by atoms with Crippen molar-refractivity contribution in [2.45, 2.75) is 97.4 Å². The van der Waals surface area contributed by atoms with Gasteiger partial charge in [0.1, 0.15) is 16.4 Å². The molecule has 1 N–H and O–H groups in total. The second kappa shape index (κ2) is 9.35. The van der Waals surface area contributed by atoms with Crippen molar-refractivity contribution in [1.29, 1.82) is 0 Å². The largest absolute Gasteiger partial charge is 0.454 e. The lowest BCUT2D eigenvalue weighted by Gasteiger charge is -2.44. The van der Waals surface area contributed by atoms with Gasteiger partial charge in [-0.3, -0.25) is 4.79 Å². The van der Waals surface area contributed by atoms with E-state index in [1.54, 1.807) is 0 Å². The highest BCUT2D eigenvalue weighted by Gasteiger charge is 2.47. The van der Waals surface area contributed by atoms with E-state index in [-0.39, 0.29) is 5.97 Å². The van der Waals surface area contributed by atoms with E-state index in [0.717, 1.165) is 42.5 Å². The molecule has 1 saturated heterocycles. The van der Waals surface area contributed by atoms with E-state index in [9.17, 15) is 4.79 Å². The SMILES string of the molecule is CC(C)[Si](C(C)C)(C(C)C)n1ccc2c(C3(OC(=O)C(C)(C)C)CCNCC3)cc(Cl)nc21. The Labute approximate surface area is 205 Å². The van der Waals surface area contributed by atoms with Crippen molar-refractivity contribution < 1.29 is 9.53 Å². The number of ether oxygens (including phenoxy) is 1. The zero-order valence-corrected chi connectivity index (χ0v) is 23.6. The number of hydrogen-bond donors (Lipinski definition) is 1. The number of carbonyl (C=O) groups is 1. The Balaban J connectivity index is 2.29. The third-order valence-corrected chi connectivity index (χ3v) is 14.6. The lowest BCUT2D eigenvalue weighted by molar-refractivity contribution is -0.174. The van der Waals surface area contributed by atoms with Crippen LogP contribution in [0.1, 0.15) is 80.7 Å². The molecule has 2 aromatic heterocycles. The van der Waals surface area contributed by atoms with Crippen LogP contribution in [0.4, 0.5) is 0 Å². The number of pyridine rings is 1. The van der Waals surface area contributed by atoms with Gasteiger partial charge in [-0.25, -0.2) is 4.98 Å². The molecular weight excluding hydrogens is 450 g/mol. The number of aromatic nitrogens is 2. The molecule has 0 saturated carbocycles. The maximum Gasteiger partial charge on any atom is 0.312 e. The van der Waals surface area contributed by atoms with Crippen LogP contribution in [0.2, 0.25) is 21.8 Å². The lowest BCUT2D eigenvalue weighted by Crippen LogP contribution is -2.51. The summed E-state index contributed by atoms with van der Waals surface area (Å²) < 4.78 is 8.85. The van der Waals surface area contributed by atoms with Gasteiger partial charge >= 0.3 is 5.97 Å². The van der Waals surface area contributed by atoms with Crippen molar-refractivity contribution in [3.05, 3.63) is 29.0 Å². The van der Waals surface area contributed by atoms with Crippen LogP contribution in [0.5, 0.6) is 0 Å². The summed E-state index contributed by atoms with van der Waals surface area (Å²) in [6.07, 6.45) is 3.66. The standard InChI is InChI=1S/C26H42ClN3O2Si/c1-17(2)33(18(3)4,19(5)6)30-15-10-20-21(16-22(27)29-23(20)30)26(11-13-28-14-12-26)32-24(31)25(7,8)9/h10,15-19,28H,11-14H2,1-9H3. The number of fused-ring (bicyclic) bond motifs is 1. The highest BCUT2D eigenvalue weighted by molar-refractivity contribution is 6.82. The normalized spacial score (nSPS) is 17.4. The van der Waals surface area contributed by atoms with Crippen LogP contribution in [0.3, 0.4) is 0 Å². The first-order chi connectivity index (χ1) is 15.3. The van der Waals surface area contributed by atoms with Gasteiger partial charge in [0.25, 0.3) is 0 Å². The molecule has 0 bridgehead atoms. The second-order valence-corrected chi connectivity index (χ2v) is 17.8. The van der Waals surface area contributed by atoms with Crippen molar-refractivity contribution in [3.8, 4) is 0 Å². The maximum absolute atomic E-state index is 13.1. The third-order valence-electron chi connectivity index (χ3n) is 7.62. The minimum absolute atomic E-state index is 0.180. The monoisotopic (exact) mass is 491 g/mol. The number of nitrogens with zero attached hydrogens (tertiary/aromatic N) is 2. The zero-order chi connectivity index (χ0) is 24.8. The van der Waals surface area contributed by atoms with Gasteiger partial charge in [-0.05, 0) is 68.8 Å². The van der Waals surface area contributed by atoms with Crippen LogP contribution in [0, 0.1) is 5.41 Å². The van der Waals surface area contributed by atoms with Crippen molar-refractivity contribution >= 4 is 36.8 Å². The Morgan fingerprint density at radius 3 is 2.15 bits per heavy atom. The topological polar surface area (TPSA) is 56.1 Å². The van der Waals surface area contributed by atoms with Gasteiger partial charge in [0.2, 0.25) is 0 Å². The number of hydrogen-bond acceptors (Lipinski definition) is 4. The minimum Gasteiger partial charge on any atom is -0.454 e. The molecule has 5 nitrogen and oxygen atoms in total. The van der Waals surface area contributed by atoms with Crippen LogP contribution in [0.25, 0.3) is 11.0 Å². The van der Waals surface area contributed by atoms with Crippen LogP contribution in [0.15, 0.2) is 18.3 Å². The van der Waals surface area contributed by atoms with Crippen molar-refractivity contribution in [3.63, 3.8) is 0 Å².